The van der Waals surface area contributed by atoms with Gasteiger partial charge in [0.05, 0.1) is 11.9 Å². The van der Waals surface area contributed by atoms with Crippen LogP contribution in [0.3, 0.4) is 0 Å². The van der Waals surface area contributed by atoms with Gasteiger partial charge < -0.3 is 10.2 Å². The molecule has 2 amide bonds. The second kappa shape index (κ2) is 12.3. The largest absolute Gasteiger partial charge is 0.350 e. The lowest BCUT2D eigenvalue weighted by Gasteiger charge is -2.35. The van der Waals surface area contributed by atoms with Crippen LogP contribution in [0, 0.1) is 6.92 Å². The molecule has 0 aliphatic rings. The highest BCUT2D eigenvalue weighted by Gasteiger charge is 2.34. The first-order valence-corrected chi connectivity index (χ1v) is 14.4. The van der Waals surface area contributed by atoms with E-state index in [9.17, 15) is 18.0 Å². The number of anilines is 1. The van der Waals surface area contributed by atoms with Crippen LogP contribution in [0.2, 0.25) is 0 Å². The summed E-state index contributed by atoms with van der Waals surface area (Å²) in [6.07, 6.45) is 1.36. The van der Waals surface area contributed by atoms with Gasteiger partial charge in [0.1, 0.15) is 12.6 Å². The lowest BCUT2D eigenvalue weighted by atomic mass is 10.00. The molecule has 8 heteroatoms. The minimum atomic E-state index is -3.78. The quantitative estimate of drug-likeness (QED) is 0.419. The number of amides is 2. The van der Waals surface area contributed by atoms with E-state index >= 15 is 0 Å². The molecular weight excluding hydrogens is 498 g/mol. The molecule has 0 aliphatic carbocycles. The Labute approximate surface area is 226 Å². The van der Waals surface area contributed by atoms with Crippen LogP contribution in [-0.4, -0.2) is 49.5 Å². The molecule has 3 aromatic rings. The van der Waals surface area contributed by atoms with Crippen LogP contribution in [0.25, 0.3) is 0 Å². The van der Waals surface area contributed by atoms with Crippen molar-refractivity contribution in [2.45, 2.75) is 52.2 Å². The van der Waals surface area contributed by atoms with Crippen LogP contribution in [0.1, 0.15) is 37.5 Å². The number of nitrogens with zero attached hydrogens (tertiary/aromatic N) is 2. The third-order valence-electron chi connectivity index (χ3n) is 6.09. The maximum absolute atomic E-state index is 14.0. The lowest BCUT2D eigenvalue weighted by Crippen LogP contribution is -2.56. The van der Waals surface area contributed by atoms with Crippen molar-refractivity contribution in [2.75, 3.05) is 17.1 Å². The number of aryl methyl sites for hydroxylation is 1. The van der Waals surface area contributed by atoms with Crippen molar-refractivity contribution in [3.8, 4) is 0 Å². The molecule has 0 saturated heterocycles. The maximum atomic E-state index is 14.0. The van der Waals surface area contributed by atoms with Gasteiger partial charge in [0.25, 0.3) is 0 Å². The first-order valence-electron chi connectivity index (χ1n) is 12.6. The number of nitrogens with one attached hydrogen (secondary N) is 1. The Morgan fingerprint density at radius 1 is 0.868 bits per heavy atom. The third-order valence-corrected chi connectivity index (χ3v) is 7.24. The van der Waals surface area contributed by atoms with Crippen LogP contribution >= 0.6 is 0 Å². The first kappa shape index (κ1) is 28.9. The highest BCUT2D eigenvalue weighted by Crippen LogP contribution is 2.21. The van der Waals surface area contributed by atoms with E-state index in [1.165, 1.54) is 4.90 Å². The van der Waals surface area contributed by atoms with E-state index < -0.39 is 34.1 Å². The summed E-state index contributed by atoms with van der Waals surface area (Å²) in [7, 11) is -3.78. The number of para-hydroxylation sites is 1. The number of hydrogen-bond donors (Lipinski definition) is 1. The number of carbonyl (C=O) groups excluding carboxylic acids is 2. The Morgan fingerprint density at radius 2 is 1.42 bits per heavy atom. The molecule has 0 unspecified atom stereocenters. The summed E-state index contributed by atoms with van der Waals surface area (Å²) in [5, 5.41) is 3.03. The molecule has 3 aromatic carbocycles. The lowest BCUT2D eigenvalue weighted by molar-refractivity contribution is -0.140. The summed E-state index contributed by atoms with van der Waals surface area (Å²) in [5.41, 5.74) is 2.62. The van der Waals surface area contributed by atoms with Crippen LogP contribution in [0.5, 0.6) is 0 Å². The van der Waals surface area contributed by atoms with Gasteiger partial charge in [-0.15, -0.1) is 0 Å². The summed E-state index contributed by atoms with van der Waals surface area (Å²) in [6.45, 7) is 7.35. The number of rotatable bonds is 10. The minimum Gasteiger partial charge on any atom is -0.350 e. The zero-order valence-corrected chi connectivity index (χ0v) is 23.5. The van der Waals surface area contributed by atoms with Crippen molar-refractivity contribution in [3.05, 3.63) is 102 Å². The normalized spacial score (nSPS) is 12.4. The molecule has 0 aromatic heterocycles. The summed E-state index contributed by atoms with van der Waals surface area (Å²) < 4.78 is 26.6. The zero-order chi connectivity index (χ0) is 27.9. The third kappa shape index (κ3) is 8.18. The summed E-state index contributed by atoms with van der Waals surface area (Å²) in [5.74, 6) is -0.763. The van der Waals surface area contributed by atoms with Crippen LogP contribution in [-0.2, 0) is 32.6 Å². The average molecular weight is 536 g/mol. The topological polar surface area (TPSA) is 86.8 Å². The van der Waals surface area contributed by atoms with E-state index in [2.05, 4.69) is 5.32 Å². The van der Waals surface area contributed by atoms with Crippen molar-refractivity contribution in [2.24, 2.45) is 0 Å². The molecule has 1 atom stereocenters. The zero-order valence-electron chi connectivity index (χ0n) is 22.7. The highest BCUT2D eigenvalue weighted by molar-refractivity contribution is 7.92. The van der Waals surface area contributed by atoms with E-state index in [1.54, 1.807) is 30.3 Å². The highest BCUT2D eigenvalue weighted by atomic mass is 32.2. The first-order chi connectivity index (χ1) is 17.8. The summed E-state index contributed by atoms with van der Waals surface area (Å²) >= 11 is 0. The number of carbonyl (C=O) groups is 2. The van der Waals surface area contributed by atoms with E-state index in [0.29, 0.717) is 5.69 Å². The molecule has 0 aliphatic heterocycles. The van der Waals surface area contributed by atoms with Gasteiger partial charge >= 0.3 is 0 Å². The van der Waals surface area contributed by atoms with Gasteiger partial charge in [-0.05, 0) is 56.5 Å². The van der Waals surface area contributed by atoms with E-state index in [4.69, 9.17) is 0 Å². The molecule has 0 radical (unpaired) electrons. The van der Waals surface area contributed by atoms with Crippen molar-refractivity contribution < 1.29 is 18.0 Å². The molecule has 3 rings (SSSR count). The van der Waals surface area contributed by atoms with Crippen LogP contribution < -0.4 is 9.62 Å². The monoisotopic (exact) mass is 535 g/mol. The molecule has 0 spiro atoms. The van der Waals surface area contributed by atoms with E-state index in [0.717, 1.165) is 27.3 Å². The van der Waals surface area contributed by atoms with E-state index in [1.807, 2.05) is 82.3 Å². The molecule has 202 valence electrons. The van der Waals surface area contributed by atoms with Gasteiger partial charge in [0.15, 0.2) is 0 Å². The fraction of sp³-hybridized carbons (Fsp3) is 0.333. The Morgan fingerprint density at radius 3 is 1.97 bits per heavy atom. The Kier molecular flexibility index (Phi) is 9.33. The predicted molar refractivity (Wildman–Crippen MR) is 152 cm³/mol. The van der Waals surface area contributed by atoms with Crippen molar-refractivity contribution in [1.82, 2.24) is 10.2 Å². The molecule has 7 nitrogen and oxygen atoms in total. The molecular formula is C30H37N3O4S. The number of benzene rings is 3. The molecule has 0 saturated carbocycles. The second-order valence-corrected chi connectivity index (χ2v) is 12.4. The van der Waals surface area contributed by atoms with Crippen LogP contribution in [0.15, 0.2) is 84.9 Å². The molecule has 38 heavy (non-hydrogen) atoms. The Balaban J connectivity index is 2.07. The fourth-order valence-electron chi connectivity index (χ4n) is 4.19. The van der Waals surface area contributed by atoms with Crippen LogP contribution in [0.4, 0.5) is 5.69 Å². The Hall–Kier alpha value is -3.65. The summed E-state index contributed by atoms with van der Waals surface area (Å²) in [4.78, 5) is 29.2. The smallest absolute Gasteiger partial charge is 0.244 e. The van der Waals surface area contributed by atoms with E-state index in [-0.39, 0.29) is 18.9 Å². The van der Waals surface area contributed by atoms with Gasteiger partial charge in [0, 0.05) is 18.5 Å². The molecule has 0 fully saturated rings. The molecule has 0 heterocycles. The second-order valence-electron chi connectivity index (χ2n) is 10.5. The van der Waals surface area contributed by atoms with Crippen molar-refractivity contribution in [1.29, 1.82) is 0 Å². The Bertz CT molecular complexity index is 1340. The predicted octanol–water partition coefficient (Wildman–Crippen LogP) is 4.32. The van der Waals surface area contributed by atoms with Gasteiger partial charge in [-0.1, -0.05) is 72.8 Å². The minimum absolute atomic E-state index is 0.160. The van der Waals surface area contributed by atoms with Gasteiger partial charge in [-0.2, -0.15) is 0 Å². The SMILES string of the molecule is Cc1ccccc1CN(C(=O)CN(c1ccccc1)S(C)(=O)=O)[C@@H](Cc1ccccc1)C(=O)NC(C)(C)C. The molecule has 0 bridgehead atoms. The van der Waals surface area contributed by atoms with Crippen molar-refractivity contribution in [3.63, 3.8) is 0 Å². The molecule has 1 N–H and O–H groups in total. The summed E-state index contributed by atoms with van der Waals surface area (Å²) in [6, 6.07) is 24.8. The van der Waals surface area contributed by atoms with Gasteiger partial charge in [0.2, 0.25) is 21.8 Å². The maximum Gasteiger partial charge on any atom is 0.244 e. The van der Waals surface area contributed by atoms with Gasteiger partial charge in [-0.25, -0.2) is 8.42 Å². The number of sulfonamides is 1. The van der Waals surface area contributed by atoms with Crippen molar-refractivity contribution >= 4 is 27.5 Å². The fourth-order valence-corrected chi connectivity index (χ4v) is 5.04. The average Bonchev–Trinajstić information content (AvgIpc) is 2.85. The standard InChI is InChI=1S/C30H37N3O4S/c1-23-14-12-13-17-25(23)21-32(28(34)22-33(38(5,36)37)26-18-10-7-11-19-26)27(29(35)31-30(2,3)4)20-24-15-8-6-9-16-24/h6-19,27H,20-22H2,1-5H3,(H,31,35)/t27-/m0/s1. The van der Waals surface area contributed by atoms with Gasteiger partial charge in [-0.3, -0.25) is 13.9 Å². The number of hydrogen-bond acceptors (Lipinski definition) is 4.